The number of nitrogens with one attached hydrogen (secondary N) is 1. The Kier molecular flexibility index (Phi) is 9.05. The maximum Gasteiger partial charge on any atom is 0.416 e. The van der Waals surface area contributed by atoms with Gasteiger partial charge < -0.3 is 19.7 Å². The molecule has 0 unspecified atom stereocenters. The van der Waals surface area contributed by atoms with Crippen LogP contribution in [0.1, 0.15) is 22.4 Å². The van der Waals surface area contributed by atoms with E-state index < -0.39 is 35.1 Å². The number of anilines is 2. The first-order valence-electron chi connectivity index (χ1n) is 13.9. The molecule has 1 aliphatic rings. The van der Waals surface area contributed by atoms with Gasteiger partial charge in [0.15, 0.2) is 17.3 Å². The van der Waals surface area contributed by atoms with Gasteiger partial charge in [-0.25, -0.2) is 0 Å². The van der Waals surface area contributed by atoms with E-state index in [0.29, 0.717) is 62.0 Å². The molecule has 1 aromatic heterocycles. The number of piperazine rings is 1. The van der Waals surface area contributed by atoms with Crippen LogP contribution in [0.5, 0.6) is 11.5 Å². The fraction of sp³-hybridized carbons (Fsp3) is 0.323. The minimum atomic E-state index is -5.01. The van der Waals surface area contributed by atoms with E-state index in [1.807, 2.05) is 47.4 Å². The molecule has 0 radical (unpaired) electrons. The molecule has 0 aliphatic carbocycles. The van der Waals surface area contributed by atoms with Crippen LogP contribution in [-0.2, 0) is 23.6 Å². The third-order valence-electron chi connectivity index (χ3n) is 7.47. The molecule has 8 nitrogen and oxygen atoms in total. The summed E-state index contributed by atoms with van der Waals surface area (Å²) in [7, 11) is 3.09. The van der Waals surface area contributed by atoms with E-state index in [4.69, 9.17) is 9.47 Å². The van der Waals surface area contributed by atoms with Crippen LogP contribution >= 0.6 is 0 Å². The first kappa shape index (κ1) is 31.8. The summed E-state index contributed by atoms with van der Waals surface area (Å²) in [5, 5.41) is 12.9. The van der Waals surface area contributed by atoms with Crippen molar-refractivity contribution < 1.29 is 40.6 Å². The predicted molar refractivity (Wildman–Crippen MR) is 156 cm³/mol. The summed E-state index contributed by atoms with van der Waals surface area (Å²) in [6.45, 7) is 1.41. The van der Waals surface area contributed by atoms with Crippen molar-refractivity contribution >= 4 is 28.2 Å². The number of hydrogen-bond donors (Lipinski definition) is 1. The van der Waals surface area contributed by atoms with Crippen LogP contribution in [0.3, 0.4) is 0 Å². The zero-order valence-corrected chi connectivity index (χ0v) is 24.3. The first-order valence-corrected chi connectivity index (χ1v) is 13.9. The summed E-state index contributed by atoms with van der Waals surface area (Å²) in [6, 6.07) is 14.5. The number of amides is 1. The number of methoxy groups -OCH3 is 2. The Morgan fingerprint density at radius 3 is 1.93 bits per heavy atom. The molecule has 4 aromatic rings. The maximum atomic E-state index is 13.2. The summed E-state index contributed by atoms with van der Waals surface area (Å²) < 4.78 is 90.3. The van der Waals surface area contributed by atoms with Crippen molar-refractivity contribution in [2.75, 3.05) is 57.2 Å². The minimum absolute atomic E-state index is 0.0152. The van der Waals surface area contributed by atoms with Crippen molar-refractivity contribution in [1.82, 2.24) is 15.1 Å². The normalized spacial score (nSPS) is 14.4. The van der Waals surface area contributed by atoms with E-state index in [0.717, 1.165) is 22.0 Å². The molecule has 45 heavy (non-hydrogen) atoms. The Labute approximate surface area is 254 Å². The van der Waals surface area contributed by atoms with E-state index in [1.165, 1.54) is 7.11 Å². The number of halogens is 6. The lowest BCUT2D eigenvalue weighted by Crippen LogP contribution is -2.49. The van der Waals surface area contributed by atoms with Gasteiger partial charge in [0.05, 0.1) is 37.6 Å². The van der Waals surface area contributed by atoms with Gasteiger partial charge in [-0.05, 0) is 35.9 Å². The van der Waals surface area contributed by atoms with Gasteiger partial charge in [-0.2, -0.15) is 31.4 Å². The Bertz CT molecular complexity index is 1640. The van der Waals surface area contributed by atoms with Gasteiger partial charge in [0, 0.05) is 49.1 Å². The molecule has 1 amide bonds. The smallest absolute Gasteiger partial charge is 0.416 e. The molecule has 1 aliphatic heterocycles. The van der Waals surface area contributed by atoms with Gasteiger partial charge in [0.2, 0.25) is 5.91 Å². The van der Waals surface area contributed by atoms with Crippen LogP contribution in [0.15, 0.2) is 60.7 Å². The molecule has 0 atom stereocenters. The zero-order chi connectivity index (χ0) is 32.4. The minimum Gasteiger partial charge on any atom is -0.493 e. The molecule has 0 bridgehead atoms. The molecule has 14 heteroatoms. The average Bonchev–Trinajstić information content (AvgIpc) is 3.00. The monoisotopic (exact) mass is 633 g/mol. The highest BCUT2D eigenvalue weighted by Crippen LogP contribution is 2.39. The summed E-state index contributed by atoms with van der Waals surface area (Å²) in [5.74, 6) is 0.930. The summed E-state index contributed by atoms with van der Waals surface area (Å²) in [5.41, 5.74) is -1.78. The fourth-order valence-electron chi connectivity index (χ4n) is 5.22. The summed E-state index contributed by atoms with van der Waals surface area (Å²) >= 11 is 0. The number of fused-ring (bicyclic) bond motifs is 1. The molecule has 3 aromatic carbocycles. The molecule has 0 spiro atoms. The van der Waals surface area contributed by atoms with Crippen molar-refractivity contribution in [3.05, 3.63) is 83.0 Å². The molecule has 0 saturated carbocycles. The van der Waals surface area contributed by atoms with Crippen molar-refractivity contribution in [3.8, 4) is 11.5 Å². The van der Waals surface area contributed by atoms with Gasteiger partial charge in [-0.1, -0.05) is 30.3 Å². The van der Waals surface area contributed by atoms with Crippen LogP contribution in [0.25, 0.3) is 10.8 Å². The van der Waals surface area contributed by atoms with E-state index >= 15 is 0 Å². The molecule has 1 N–H and O–H groups in total. The number of hydrogen-bond acceptors (Lipinski definition) is 7. The number of ether oxygens (including phenoxy) is 2. The lowest BCUT2D eigenvalue weighted by atomic mass is 10.0. The van der Waals surface area contributed by atoms with E-state index in [9.17, 15) is 31.1 Å². The highest BCUT2D eigenvalue weighted by atomic mass is 19.4. The number of benzene rings is 3. The number of alkyl halides is 6. The molecule has 238 valence electrons. The topological polar surface area (TPSA) is 79.8 Å². The third kappa shape index (κ3) is 7.39. The number of rotatable bonds is 8. The number of nitrogens with zero attached hydrogens (tertiary/aromatic N) is 4. The maximum absolute atomic E-state index is 13.2. The predicted octanol–water partition coefficient (Wildman–Crippen LogP) is 6.04. The Hall–Kier alpha value is -4.59. The van der Waals surface area contributed by atoms with Crippen molar-refractivity contribution in [2.45, 2.75) is 18.8 Å². The van der Waals surface area contributed by atoms with Gasteiger partial charge in [0.25, 0.3) is 0 Å². The molecule has 1 saturated heterocycles. The first-order chi connectivity index (χ1) is 21.4. The van der Waals surface area contributed by atoms with Gasteiger partial charge >= 0.3 is 12.4 Å². The van der Waals surface area contributed by atoms with Crippen molar-refractivity contribution in [2.24, 2.45) is 0 Å². The largest absolute Gasteiger partial charge is 0.493 e. The van der Waals surface area contributed by atoms with E-state index in [-0.39, 0.29) is 12.6 Å². The van der Waals surface area contributed by atoms with Gasteiger partial charge in [0.1, 0.15) is 0 Å². The second kappa shape index (κ2) is 12.8. The standard InChI is InChI=1S/C31H29F6N5O3/c1-44-26-16-23-24(17-27(26)45-2)29(40-39-25(23)12-19-6-4-3-5-7-19)42-10-8-41(9-11-42)18-28(43)38-22-14-20(30(32,33)34)13-21(15-22)31(35,36)37/h3-7,13-17H,8-12,18H2,1-2H3,(H,38,43). The summed E-state index contributed by atoms with van der Waals surface area (Å²) in [4.78, 5) is 16.4. The van der Waals surface area contributed by atoms with Crippen LogP contribution in [0, 0.1) is 0 Å². The molecule has 1 fully saturated rings. The number of aromatic nitrogens is 2. The third-order valence-corrected chi connectivity index (χ3v) is 7.47. The fourth-order valence-corrected chi connectivity index (χ4v) is 5.22. The molecule has 2 heterocycles. The van der Waals surface area contributed by atoms with Gasteiger partial charge in [-0.3, -0.25) is 9.69 Å². The number of carbonyl (C=O) groups is 1. The highest BCUT2D eigenvalue weighted by Gasteiger charge is 2.37. The van der Waals surface area contributed by atoms with Gasteiger partial charge in [-0.15, -0.1) is 5.10 Å². The second-order valence-corrected chi connectivity index (χ2v) is 10.5. The Balaban J connectivity index is 1.31. The number of carbonyl (C=O) groups excluding carboxylic acids is 1. The SMILES string of the molecule is COc1cc2c(Cc3ccccc3)nnc(N3CCN(CC(=O)Nc4cc(C(F)(F)F)cc(C(F)(F)F)c4)CC3)c2cc1OC. The van der Waals surface area contributed by atoms with Crippen molar-refractivity contribution in [1.29, 1.82) is 0 Å². The van der Waals surface area contributed by atoms with E-state index in [1.54, 1.807) is 12.0 Å². The molecule has 5 rings (SSSR count). The summed E-state index contributed by atoms with van der Waals surface area (Å²) in [6.07, 6.45) is -9.49. The molecular formula is C31H29F6N5O3. The Morgan fingerprint density at radius 1 is 0.800 bits per heavy atom. The van der Waals surface area contributed by atoms with Crippen LogP contribution in [0.4, 0.5) is 37.8 Å². The van der Waals surface area contributed by atoms with Crippen LogP contribution in [-0.4, -0.2) is 67.9 Å². The van der Waals surface area contributed by atoms with Crippen molar-refractivity contribution in [3.63, 3.8) is 0 Å². The lowest BCUT2D eigenvalue weighted by Gasteiger charge is -2.35. The average molecular weight is 634 g/mol. The Morgan fingerprint density at radius 2 is 1.38 bits per heavy atom. The second-order valence-electron chi connectivity index (χ2n) is 10.5. The van der Waals surface area contributed by atoms with Crippen LogP contribution < -0.4 is 19.7 Å². The zero-order valence-electron chi connectivity index (χ0n) is 24.3. The quantitative estimate of drug-likeness (QED) is 0.237. The molecular weight excluding hydrogens is 604 g/mol. The van der Waals surface area contributed by atoms with E-state index in [2.05, 4.69) is 15.5 Å². The lowest BCUT2D eigenvalue weighted by molar-refractivity contribution is -0.143. The highest BCUT2D eigenvalue weighted by molar-refractivity contribution is 5.96. The van der Waals surface area contributed by atoms with Crippen LogP contribution in [0.2, 0.25) is 0 Å².